The Morgan fingerprint density at radius 1 is 1.46 bits per heavy atom. The molecular weight excluding hydrogens is 182 g/mol. The van der Waals surface area contributed by atoms with E-state index >= 15 is 0 Å². The van der Waals surface area contributed by atoms with Crippen LogP contribution in [0.4, 0.5) is 0 Å². The van der Waals surface area contributed by atoms with Crippen molar-refractivity contribution in [2.75, 3.05) is 12.3 Å². The van der Waals surface area contributed by atoms with Crippen molar-refractivity contribution in [3.63, 3.8) is 0 Å². The molecule has 1 aromatic rings. The molecule has 0 saturated carbocycles. The fourth-order valence-electron chi connectivity index (χ4n) is 1.26. The molecule has 0 aliphatic rings. The molecule has 0 aliphatic heterocycles. The first-order valence-corrected chi connectivity index (χ1v) is 5.55. The zero-order valence-electron chi connectivity index (χ0n) is 8.50. The maximum absolute atomic E-state index is 5.45. The molecule has 13 heavy (non-hydrogen) atoms. The van der Waals surface area contributed by atoms with Crippen LogP contribution in [0.15, 0.2) is 5.16 Å². The van der Waals surface area contributed by atoms with Gasteiger partial charge in [-0.2, -0.15) is 0 Å². The first-order chi connectivity index (χ1) is 6.20. The van der Waals surface area contributed by atoms with Gasteiger partial charge in [0, 0.05) is 24.5 Å². The molecule has 3 nitrogen and oxygen atoms in total. The van der Waals surface area contributed by atoms with Gasteiger partial charge in [-0.25, -0.2) is 4.98 Å². The van der Waals surface area contributed by atoms with Gasteiger partial charge < -0.3 is 10.3 Å². The van der Waals surface area contributed by atoms with E-state index in [4.69, 9.17) is 5.73 Å². The monoisotopic (exact) mass is 199 g/mol. The van der Waals surface area contributed by atoms with E-state index in [0.29, 0.717) is 6.54 Å². The van der Waals surface area contributed by atoms with Crippen LogP contribution in [0.5, 0.6) is 0 Å². The molecule has 4 heteroatoms. The molecule has 1 rings (SSSR count). The van der Waals surface area contributed by atoms with E-state index in [0.717, 1.165) is 23.1 Å². The molecule has 0 radical (unpaired) electrons. The predicted molar refractivity (Wildman–Crippen MR) is 57.2 cm³/mol. The van der Waals surface area contributed by atoms with E-state index in [2.05, 4.69) is 23.4 Å². The molecule has 2 N–H and O–H groups in total. The van der Waals surface area contributed by atoms with Gasteiger partial charge in [0.05, 0.1) is 5.69 Å². The number of aromatic nitrogens is 2. The van der Waals surface area contributed by atoms with Crippen LogP contribution in [0, 0.1) is 13.8 Å². The molecule has 0 amide bonds. The quantitative estimate of drug-likeness (QED) is 0.749. The molecule has 74 valence electrons. The van der Waals surface area contributed by atoms with E-state index in [1.165, 1.54) is 5.69 Å². The van der Waals surface area contributed by atoms with Gasteiger partial charge in [0.15, 0.2) is 5.16 Å². The molecule has 0 unspecified atom stereocenters. The number of aryl methyl sites for hydroxylation is 1. The third kappa shape index (κ3) is 2.25. The van der Waals surface area contributed by atoms with Gasteiger partial charge in [0.1, 0.15) is 0 Å². The van der Waals surface area contributed by atoms with Crippen molar-refractivity contribution in [1.29, 1.82) is 0 Å². The minimum atomic E-state index is 0.708. The molecular formula is C9H17N3S. The minimum Gasteiger partial charge on any atom is -0.330 e. The lowest BCUT2D eigenvalue weighted by Gasteiger charge is -2.05. The number of hydrogen-bond acceptors (Lipinski definition) is 3. The molecule has 0 fully saturated rings. The van der Waals surface area contributed by atoms with Crippen LogP contribution in [0.1, 0.15) is 18.3 Å². The first kappa shape index (κ1) is 10.6. The Morgan fingerprint density at radius 2 is 2.15 bits per heavy atom. The second kappa shape index (κ2) is 4.67. The van der Waals surface area contributed by atoms with Crippen LogP contribution < -0.4 is 5.73 Å². The SMILES string of the molecule is CCn1c(SCCN)nc(C)c1C. The Morgan fingerprint density at radius 3 is 2.69 bits per heavy atom. The third-order valence-electron chi connectivity index (χ3n) is 2.09. The van der Waals surface area contributed by atoms with E-state index in [1.807, 2.05) is 6.92 Å². The molecule has 0 atom stereocenters. The summed E-state index contributed by atoms with van der Waals surface area (Å²) < 4.78 is 2.23. The van der Waals surface area contributed by atoms with Crippen LogP contribution in [0.3, 0.4) is 0 Å². The minimum absolute atomic E-state index is 0.708. The smallest absolute Gasteiger partial charge is 0.168 e. The number of imidazole rings is 1. The molecule has 1 aromatic heterocycles. The molecule has 0 bridgehead atoms. The standard InChI is InChI=1S/C9H17N3S/c1-4-12-8(3)7(2)11-9(12)13-6-5-10/h4-6,10H2,1-3H3. The molecule has 0 spiro atoms. The van der Waals surface area contributed by atoms with Crippen molar-refractivity contribution in [2.24, 2.45) is 5.73 Å². The van der Waals surface area contributed by atoms with E-state index < -0.39 is 0 Å². The molecule has 0 aromatic carbocycles. The normalized spacial score (nSPS) is 10.8. The number of thioether (sulfide) groups is 1. The van der Waals surface area contributed by atoms with Crippen molar-refractivity contribution in [3.05, 3.63) is 11.4 Å². The summed E-state index contributed by atoms with van der Waals surface area (Å²) in [5, 5.41) is 1.10. The fraction of sp³-hybridized carbons (Fsp3) is 0.667. The number of hydrogen-bond donors (Lipinski definition) is 1. The summed E-state index contributed by atoms with van der Waals surface area (Å²) >= 11 is 1.73. The number of nitrogens with zero attached hydrogens (tertiary/aromatic N) is 2. The lowest BCUT2D eigenvalue weighted by molar-refractivity contribution is 0.662. The highest BCUT2D eigenvalue weighted by Crippen LogP contribution is 2.20. The summed E-state index contributed by atoms with van der Waals surface area (Å²) in [5.41, 5.74) is 7.85. The summed E-state index contributed by atoms with van der Waals surface area (Å²) in [7, 11) is 0. The molecule has 0 aliphatic carbocycles. The van der Waals surface area contributed by atoms with Gasteiger partial charge >= 0.3 is 0 Å². The van der Waals surface area contributed by atoms with Crippen LogP contribution in [-0.4, -0.2) is 21.8 Å². The van der Waals surface area contributed by atoms with Crippen molar-refractivity contribution in [3.8, 4) is 0 Å². The van der Waals surface area contributed by atoms with Crippen molar-refractivity contribution in [1.82, 2.24) is 9.55 Å². The highest BCUT2D eigenvalue weighted by atomic mass is 32.2. The van der Waals surface area contributed by atoms with Crippen LogP contribution in [-0.2, 0) is 6.54 Å². The average Bonchev–Trinajstić information content (AvgIpc) is 2.39. The van der Waals surface area contributed by atoms with E-state index in [9.17, 15) is 0 Å². The highest BCUT2D eigenvalue weighted by Gasteiger charge is 2.08. The van der Waals surface area contributed by atoms with Gasteiger partial charge in [-0.15, -0.1) is 0 Å². The van der Waals surface area contributed by atoms with Crippen molar-refractivity contribution >= 4 is 11.8 Å². The van der Waals surface area contributed by atoms with Crippen LogP contribution in [0.2, 0.25) is 0 Å². The average molecular weight is 199 g/mol. The zero-order valence-corrected chi connectivity index (χ0v) is 9.32. The first-order valence-electron chi connectivity index (χ1n) is 4.57. The van der Waals surface area contributed by atoms with Gasteiger partial charge in [-0.05, 0) is 20.8 Å². The molecule has 0 saturated heterocycles. The Bertz CT molecular complexity index is 281. The molecule has 1 heterocycles. The van der Waals surface area contributed by atoms with Gasteiger partial charge in [-0.1, -0.05) is 11.8 Å². The van der Waals surface area contributed by atoms with Crippen molar-refractivity contribution < 1.29 is 0 Å². The van der Waals surface area contributed by atoms with Gasteiger partial charge in [-0.3, -0.25) is 0 Å². The highest BCUT2D eigenvalue weighted by molar-refractivity contribution is 7.99. The lowest BCUT2D eigenvalue weighted by atomic mass is 10.4. The Kier molecular flexibility index (Phi) is 3.81. The summed E-state index contributed by atoms with van der Waals surface area (Å²) in [6.45, 7) is 7.99. The maximum Gasteiger partial charge on any atom is 0.168 e. The topological polar surface area (TPSA) is 43.8 Å². The van der Waals surface area contributed by atoms with E-state index in [1.54, 1.807) is 11.8 Å². The van der Waals surface area contributed by atoms with Gasteiger partial charge in [0.2, 0.25) is 0 Å². The third-order valence-corrected chi connectivity index (χ3v) is 3.10. The van der Waals surface area contributed by atoms with Gasteiger partial charge in [0.25, 0.3) is 0 Å². The summed E-state index contributed by atoms with van der Waals surface area (Å²) in [4.78, 5) is 4.49. The summed E-state index contributed by atoms with van der Waals surface area (Å²) in [6.07, 6.45) is 0. The van der Waals surface area contributed by atoms with Crippen LogP contribution in [0.25, 0.3) is 0 Å². The largest absolute Gasteiger partial charge is 0.330 e. The second-order valence-corrected chi connectivity index (χ2v) is 4.01. The summed E-state index contributed by atoms with van der Waals surface area (Å²) in [5.74, 6) is 0.940. The Balaban J connectivity index is 2.86. The summed E-state index contributed by atoms with van der Waals surface area (Å²) in [6, 6.07) is 0. The van der Waals surface area contributed by atoms with E-state index in [-0.39, 0.29) is 0 Å². The van der Waals surface area contributed by atoms with Crippen LogP contribution >= 0.6 is 11.8 Å². The zero-order chi connectivity index (χ0) is 9.84. The predicted octanol–water partition coefficient (Wildman–Crippen LogP) is 1.57. The number of nitrogens with two attached hydrogens (primary N) is 1. The fourth-order valence-corrected chi connectivity index (χ4v) is 2.18. The van der Waals surface area contributed by atoms with Crippen molar-refractivity contribution in [2.45, 2.75) is 32.5 Å². The Hall–Kier alpha value is -0.480. The Labute approximate surface area is 83.7 Å². The lowest BCUT2D eigenvalue weighted by Crippen LogP contribution is -2.04. The maximum atomic E-state index is 5.45. The second-order valence-electron chi connectivity index (χ2n) is 2.95. The number of rotatable bonds is 4.